The zero-order chi connectivity index (χ0) is 66.1. The monoisotopic (exact) mass is 1290 g/mol. The zero-order valence-corrected chi connectivity index (χ0v) is 55.8. The number of aliphatic hydroxyl groups is 11. The highest BCUT2D eigenvalue weighted by Crippen LogP contribution is 2.33. The number of aliphatic hydroxyl groups excluding tert-OH is 11. The maximum atomic E-state index is 13.3. The van der Waals surface area contributed by atoms with E-state index in [4.69, 9.17) is 28.4 Å². The van der Waals surface area contributed by atoms with Crippen molar-refractivity contribution in [1.29, 1.82) is 0 Å². The Morgan fingerprint density at radius 2 is 0.769 bits per heavy atom. The van der Waals surface area contributed by atoms with Gasteiger partial charge in [-0.3, -0.25) is 4.79 Å². The van der Waals surface area contributed by atoms with Crippen LogP contribution < -0.4 is 5.32 Å². The fraction of sp³-hybridized carbons (Fsp3) is 0.819. The van der Waals surface area contributed by atoms with Gasteiger partial charge >= 0.3 is 0 Å². The molecule has 19 heteroatoms. The fourth-order valence-corrected chi connectivity index (χ4v) is 11.7. The molecule has 1 amide bonds. The van der Waals surface area contributed by atoms with Gasteiger partial charge in [-0.05, 0) is 70.6 Å². The Hall–Kier alpha value is -2.77. The second-order valence-electron chi connectivity index (χ2n) is 25.3. The lowest BCUT2D eigenvalue weighted by Crippen LogP contribution is -2.66. The van der Waals surface area contributed by atoms with Crippen LogP contribution in [0.1, 0.15) is 245 Å². The summed E-state index contributed by atoms with van der Waals surface area (Å²) in [5, 5.41) is 120. The molecule has 3 saturated heterocycles. The Bertz CT molecular complexity index is 1930. The van der Waals surface area contributed by atoms with Crippen molar-refractivity contribution in [1.82, 2.24) is 5.32 Å². The summed E-state index contributed by atoms with van der Waals surface area (Å²) in [5.74, 6) is -0.327. The molecule has 3 aliphatic heterocycles. The fourth-order valence-electron chi connectivity index (χ4n) is 11.7. The van der Waals surface area contributed by atoms with Crippen molar-refractivity contribution in [2.24, 2.45) is 0 Å². The molecule has 0 spiro atoms. The Labute approximate surface area is 547 Å². The Kier molecular flexibility index (Phi) is 48.4. The first-order valence-electron chi connectivity index (χ1n) is 35.7. The molecule has 528 valence electrons. The molecule has 0 saturated carbocycles. The summed E-state index contributed by atoms with van der Waals surface area (Å²) in [6.45, 7) is 1.57. The van der Waals surface area contributed by atoms with Crippen LogP contribution in [0.3, 0.4) is 0 Å². The van der Waals surface area contributed by atoms with E-state index >= 15 is 0 Å². The highest BCUT2D eigenvalue weighted by Gasteiger charge is 2.53. The SMILES string of the molecule is CC/C=C\C/C=C\C/C=C\C/C=C\CCCCC(=O)NC(COC1OC(CO)C(OC2OC(CO)C(OC3OC(CO)C(O)C(O)C3O)C(O)C2O)C(O)C1O)C(O)/C=C/CC/C=C/CCCCCCCCCCCCCCCCCCCCCCCCCCC. The first-order valence-corrected chi connectivity index (χ1v) is 35.7. The third-order valence-electron chi connectivity index (χ3n) is 17.5. The van der Waals surface area contributed by atoms with Crippen molar-refractivity contribution in [2.45, 2.75) is 349 Å². The van der Waals surface area contributed by atoms with Crippen LogP contribution in [0.5, 0.6) is 0 Å². The minimum atomic E-state index is -1.99. The number of ether oxygens (including phenoxy) is 6. The molecular formula is C72H127NO18. The maximum absolute atomic E-state index is 13.3. The summed E-state index contributed by atoms with van der Waals surface area (Å²) in [4.78, 5) is 13.3. The van der Waals surface area contributed by atoms with E-state index in [1.54, 1.807) is 6.08 Å². The highest BCUT2D eigenvalue weighted by molar-refractivity contribution is 5.76. The molecule has 3 rings (SSSR count). The van der Waals surface area contributed by atoms with Crippen LogP contribution in [0.4, 0.5) is 0 Å². The molecule has 0 aromatic rings. The smallest absolute Gasteiger partial charge is 0.220 e. The van der Waals surface area contributed by atoms with Gasteiger partial charge < -0.3 is 89.9 Å². The second kappa shape index (κ2) is 53.4. The molecule has 3 fully saturated rings. The van der Waals surface area contributed by atoms with Crippen molar-refractivity contribution >= 4 is 5.91 Å². The number of hydrogen-bond acceptors (Lipinski definition) is 18. The number of rotatable bonds is 54. The van der Waals surface area contributed by atoms with E-state index in [1.807, 2.05) is 6.08 Å². The van der Waals surface area contributed by atoms with Crippen molar-refractivity contribution in [3.63, 3.8) is 0 Å². The van der Waals surface area contributed by atoms with E-state index in [9.17, 15) is 61.0 Å². The van der Waals surface area contributed by atoms with Gasteiger partial charge in [-0.25, -0.2) is 0 Å². The number of nitrogens with one attached hydrogen (secondary N) is 1. The van der Waals surface area contributed by atoms with Gasteiger partial charge in [0.1, 0.15) is 73.2 Å². The van der Waals surface area contributed by atoms with Crippen LogP contribution in [0, 0.1) is 0 Å². The van der Waals surface area contributed by atoms with Crippen LogP contribution >= 0.6 is 0 Å². The van der Waals surface area contributed by atoms with Crippen LogP contribution in [0.15, 0.2) is 72.9 Å². The number of allylic oxidation sites excluding steroid dienone is 11. The standard InChI is InChI=1S/C72H127NO18/c1-3-5-7-9-11-13-15-17-19-20-21-22-23-24-25-26-27-28-29-30-31-32-33-34-36-37-39-41-43-45-47-49-56(77)55(73-60(78)50-48-46-44-42-40-38-35-18-16-14-12-10-8-6-4-2)54-86-70-66(84)63(81)68(58(52-75)88-70)91-72-67(85)64(82)69(59(53-76)89-72)90-71-65(83)62(80)61(79)57(51-74)87-71/h6,8,12,14,18,35,39-42,47,49,55-59,61-72,74-77,79-85H,3-5,7,9-11,13,15-17,19-34,36-38,43-46,48,50-54H2,1-2H3,(H,73,78)/b8-6-,14-12-,35-18-,41-39+,42-40-,49-47+. The molecule has 17 unspecified atom stereocenters. The zero-order valence-electron chi connectivity index (χ0n) is 55.8. The first kappa shape index (κ1) is 82.5. The average molecular weight is 1290 g/mol. The van der Waals surface area contributed by atoms with Crippen LogP contribution in [-0.4, -0.2) is 193 Å². The second-order valence-corrected chi connectivity index (χ2v) is 25.3. The van der Waals surface area contributed by atoms with Gasteiger partial charge in [0.05, 0.1) is 38.6 Å². The van der Waals surface area contributed by atoms with Gasteiger partial charge in [0.15, 0.2) is 18.9 Å². The Morgan fingerprint density at radius 3 is 1.23 bits per heavy atom. The molecule has 0 aromatic carbocycles. The number of amides is 1. The summed E-state index contributed by atoms with van der Waals surface area (Å²) < 4.78 is 34.3. The summed E-state index contributed by atoms with van der Waals surface area (Å²) in [6, 6.07) is -1.02. The molecule has 19 nitrogen and oxygen atoms in total. The quantitative estimate of drug-likeness (QED) is 0.0199. The molecule has 91 heavy (non-hydrogen) atoms. The summed E-state index contributed by atoms with van der Waals surface area (Å²) in [6.07, 6.45) is 40.6. The Balaban J connectivity index is 1.41. The number of carbonyl (C=O) groups is 1. The van der Waals surface area contributed by atoms with Gasteiger partial charge in [-0.15, -0.1) is 0 Å². The predicted molar refractivity (Wildman–Crippen MR) is 355 cm³/mol. The summed E-state index contributed by atoms with van der Waals surface area (Å²) >= 11 is 0. The number of hydrogen-bond donors (Lipinski definition) is 12. The third kappa shape index (κ3) is 35.2. The van der Waals surface area contributed by atoms with Crippen molar-refractivity contribution in [2.75, 3.05) is 26.4 Å². The summed E-state index contributed by atoms with van der Waals surface area (Å²) in [7, 11) is 0. The minimum Gasteiger partial charge on any atom is -0.394 e. The van der Waals surface area contributed by atoms with Gasteiger partial charge in [0.25, 0.3) is 0 Å². The molecule has 0 radical (unpaired) electrons. The van der Waals surface area contributed by atoms with Gasteiger partial charge in [-0.2, -0.15) is 0 Å². The van der Waals surface area contributed by atoms with Crippen molar-refractivity contribution in [3.8, 4) is 0 Å². The lowest BCUT2D eigenvalue weighted by molar-refractivity contribution is -0.379. The normalized spacial score (nSPS) is 28.3. The molecule has 0 aliphatic carbocycles. The summed E-state index contributed by atoms with van der Waals surface area (Å²) in [5.41, 5.74) is 0. The maximum Gasteiger partial charge on any atom is 0.220 e. The van der Waals surface area contributed by atoms with Crippen LogP contribution in [-0.2, 0) is 33.2 Å². The van der Waals surface area contributed by atoms with Gasteiger partial charge in [-0.1, -0.05) is 241 Å². The predicted octanol–water partition coefficient (Wildman–Crippen LogP) is 9.72. The number of carbonyl (C=O) groups excluding carboxylic acids is 1. The first-order chi connectivity index (χ1) is 44.3. The molecular weight excluding hydrogens is 1170 g/mol. The Morgan fingerprint density at radius 1 is 0.407 bits per heavy atom. The van der Waals surface area contributed by atoms with Gasteiger partial charge in [0.2, 0.25) is 5.91 Å². The van der Waals surface area contributed by atoms with E-state index in [2.05, 4.69) is 79.9 Å². The van der Waals surface area contributed by atoms with Crippen molar-refractivity contribution < 1.29 is 89.4 Å². The van der Waals surface area contributed by atoms with E-state index in [-0.39, 0.29) is 18.9 Å². The largest absolute Gasteiger partial charge is 0.394 e. The number of unbranched alkanes of at least 4 members (excludes halogenated alkanes) is 28. The third-order valence-corrected chi connectivity index (χ3v) is 17.5. The highest BCUT2D eigenvalue weighted by atomic mass is 16.8. The average Bonchev–Trinajstić information content (AvgIpc) is 0.883. The lowest BCUT2D eigenvalue weighted by Gasteiger charge is -2.48. The van der Waals surface area contributed by atoms with E-state index in [0.717, 1.165) is 57.8 Å². The van der Waals surface area contributed by atoms with Crippen LogP contribution in [0.2, 0.25) is 0 Å². The molecule has 17 atom stereocenters. The molecule has 3 heterocycles. The minimum absolute atomic E-state index is 0.180. The van der Waals surface area contributed by atoms with Crippen LogP contribution in [0.25, 0.3) is 0 Å². The molecule has 12 N–H and O–H groups in total. The lowest BCUT2D eigenvalue weighted by atomic mass is 9.96. The molecule has 0 aromatic heterocycles. The molecule has 0 bridgehead atoms. The van der Waals surface area contributed by atoms with E-state index < -0.39 is 124 Å². The van der Waals surface area contributed by atoms with Gasteiger partial charge in [0, 0.05) is 6.42 Å². The topological polar surface area (TPSA) is 307 Å². The van der Waals surface area contributed by atoms with E-state index in [0.29, 0.717) is 12.8 Å². The molecule has 3 aliphatic rings. The van der Waals surface area contributed by atoms with Crippen molar-refractivity contribution in [3.05, 3.63) is 72.9 Å². The van der Waals surface area contributed by atoms with E-state index in [1.165, 1.54) is 154 Å².